The van der Waals surface area contributed by atoms with Crippen LogP contribution < -0.4 is 0 Å². The Morgan fingerprint density at radius 3 is 2.08 bits per heavy atom. The molecule has 0 aliphatic heterocycles. The van der Waals surface area contributed by atoms with Gasteiger partial charge in [0, 0.05) is 11.6 Å². The predicted octanol–water partition coefficient (Wildman–Crippen LogP) is 7.71. The van der Waals surface area contributed by atoms with E-state index in [0.29, 0.717) is 22.8 Å². The zero-order valence-electron chi connectivity index (χ0n) is 19.0. The number of pyridine rings is 1. The summed E-state index contributed by atoms with van der Waals surface area (Å²) < 4.78 is 107. The lowest BCUT2D eigenvalue weighted by atomic mass is 9.92. The molecule has 1 heterocycles. The van der Waals surface area contributed by atoms with Gasteiger partial charge in [-0.2, -0.15) is 26.3 Å². The van der Waals surface area contributed by atoms with Gasteiger partial charge < -0.3 is 0 Å². The number of hydrogen-bond donors (Lipinski definition) is 0. The van der Waals surface area contributed by atoms with Gasteiger partial charge in [0.1, 0.15) is 0 Å². The first-order chi connectivity index (χ1) is 16.7. The van der Waals surface area contributed by atoms with Crippen LogP contribution >= 0.6 is 0 Å². The van der Waals surface area contributed by atoms with Crippen LogP contribution in [0, 0.1) is 6.92 Å². The van der Waals surface area contributed by atoms with Crippen LogP contribution in [0.4, 0.5) is 26.3 Å². The molecule has 4 aromatic rings. The summed E-state index contributed by atoms with van der Waals surface area (Å²) in [6.07, 6.45) is -8.18. The van der Waals surface area contributed by atoms with E-state index in [0.717, 1.165) is 18.2 Å². The molecule has 3 aromatic carbocycles. The number of rotatable bonds is 4. The van der Waals surface area contributed by atoms with Crippen LogP contribution in [0.15, 0.2) is 71.8 Å². The van der Waals surface area contributed by atoms with E-state index in [1.54, 1.807) is 13.0 Å². The average Bonchev–Trinajstić information content (AvgIpc) is 2.82. The maximum Gasteiger partial charge on any atom is 0.418 e. The van der Waals surface area contributed by atoms with Crippen molar-refractivity contribution in [3.63, 3.8) is 0 Å². The molecule has 0 spiro atoms. The predicted molar refractivity (Wildman–Crippen MR) is 125 cm³/mol. The fourth-order valence-electron chi connectivity index (χ4n) is 4.15. The first kappa shape index (κ1) is 25.7. The summed E-state index contributed by atoms with van der Waals surface area (Å²) in [5.41, 5.74) is -1.06. The van der Waals surface area contributed by atoms with Gasteiger partial charge >= 0.3 is 12.4 Å². The van der Waals surface area contributed by atoms with Crippen LogP contribution in [0.25, 0.3) is 33.2 Å². The summed E-state index contributed by atoms with van der Waals surface area (Å²) >= 11 is 0. The van der Waals surface area contributed by atoms with Crippen LogP contribution in [0.1, 0.15) is 23.6 Å². The zero-order chi connectivity index (χ0) is 26.5. The fraction of sp³-hybridized carbons (Fsp3) is 0.192. The molecule has 0 amide bonds. The lowest BCUT2D eigenvalue weighted by Crippen LogP contribution is -2.11. The molecule has 0 N–H and O–H groups in total. The van der Waals surface area contributed by atoms with E-state index in [-0.39, 0.29) is 27.8 Å². The lowest BCUT2D eigenvalue weighted by Gasteiger charge is -2.17. The van der Waals surface area contributed by atoms with Crippen molar-refractivity contribution in [1.29, 1.82) is 0 Å². The van der Waals surface area contributed by atoms with Crippen LogP contribution in [0.3, 0.4) is 0 Å². The van der Waals surface area contributed by atoms with Crippen LogP contribution in [0.2, 0.25) is 0 Å². The second-order valence-electron chi connectivity index (χ2n) is 8.21. The average molecular weight is 523 g/mol. The number of benzene rings is 3. The van der Waals surface area contributed by atoms with E-state index >= 15 is 0 Å². The standard InChI is InChI=1S/C26H19F6NO2S/c1-3-36(34,35)18-10-11-19(22(13-18)26(30,31)32)16-6-4-7-17(12-16)23-15(2)14-33-24-20(23)8-5-9-21(24)25(27,28)29/h4-14H,3H2,1-2H3. The van der Waals surface area contributed by atoms with E-state index in [1.807, 2.05) is 0 Å². The molecule has 0 fully saturated rings. The van der Waals surface area contributed by atoms with E-state index < -0.39 is 38.2 Å². The van der Waals surface area contributed by atoms with Crippen LogP contribution in [-0.4, -0.2) is 19.2 Å². The van der Waals surface area contributed by atoms with Gasteiger partial charge in [0.2, 0.25) is 0 Å². The highest BCUT2D eigenvalue weighted by Gasteiger charge is 2.35. The highest BCUT2D eigenvalue weighted by atomic mass is 32.2. The molecule has 0 radical (unpaired) electrons. The molecule has 4 rings (SSSR count). The van der Waals surface area contributed by atoms with Crippen molar-refractivity contribution in [1.82, 2.24) is 4.98 Å². The Morgan fingerprint density at radius 1 is 0.806 bits per heavy atom. The Morgan fingerprint density at radius 2 is 1.44 bits per heavy atom. The zero-order valence-corrected chi connectivity index (χ0v) is 19.8. The normalized spacial score (nSPS) is 12.8. The Kier molecular flexibility index (Phi) is 6.36. The Labute approximate surface area is 203 Å². The third kappa shape index (κ3) is 4.69. The van der Waals surface area contributed by atoms with Gasteiger partial charge in [-0.25, -0.2) is 8.42 Å². The second-order valence-corrected chi connectivity index (χ2v) is 10.5. The SMILES string of the molecule is CCS(=O)(=O)c1ccc(-c2cccc(-c3c(C)cnc4c(C(F)(F)F)cccc34)c2)c(C(F)(F)F)c1. The molecule has 1 aromatic heterocycles. The summed E-state index contributed by atoms with van der Waals surface area (Å²) in [5, 5.41) is 0.211. The number of alkyl halides is 6. The number of para-hydroxylation sites is 1. The third-order valence-corrected chi connectivity index (χ3v) is 7.62. The van der Waals surface area contributed by atoms with Crippen molar-refractivity contribution in [2.75, 3.05) is 5.75 Å². The molecule has 0 bridgehead atoms. The second kappa shape index (κ2) is 8.92. The molecule has 10 heteroatoms. The minimum Gasteiger partial charge on any atom is -0.255 e. The minimum absolute atomic E-state index is 0.136. The van der Waals surface area contributed by atoms with Gasteiger partial charge in [-0.3, -0.25) is 4.98 Å². The number of sulfone groups is 1. The number of aromatic nitrogens is 1. The number of halogens is 6. The van der Waals surface area contributed by atoms with Crippen molar-refractivity contribution >= 4 is 20.7 Å². The fourth-order valence-corrected chi connectivity index (χ4v) is 5.05. The molecule has 0 saturated carbocycles. The first-order valence-electron chi connectivity index (χ1n) is 10.7. The summed E-state index contributed by atoms with van der Waals surface area (Å²) in [5.74, 6) is -0.354. The molecular formula is C26H19F6NO2S. The maximum atomic E-state index is 13.9. The smallest absolute Gasteiger partial charge is 0.255 e. The van der Waals surface area contributed by atoms with Gasteiger partial charge in [-0.1, -0.05) is 43.3 Å². The van der Waals surface area contributed by atoms with Gasteiger partial charge in [0.25, 0.3) is 0 Å². The molecule has 0 saturated heterocycles. The van der Waals surface area contributed by atoms with Gasteiger partial charge in [0.15, 0.2) is 9.84 Å². The van der Waals surface area contributed by atoms with Crippen molar-refractivity contribution in [3.05, 3.63) is 83.6 Å². The summed E-state index contributed by atoms with van der Waals surface area (Å²) in [6, 6.07) is 12.5. The largest absolute Gasteiger partial charge is 0.418 e. The van der Waals surface area contributed by atoms with Crippen molar-refractivity contribution in [2.24, 2.45) is 0 Å². The van der Waals surface area contributed by atoms with E-state index in [1.165, 1.54) is 43.5 Å². The van der Waals surface area contributed by atoms with Gasteiger partial charge in [-0.15, -0.1) is 0 Å². The van der Waals surface area contributed by atoms with Crippen molar-refractivity contribution in [3.8, 4) is 22.3 Å². The molecule has 3 nitrogen and oxygen atoms in total. The molecular weight excluding hydrogens is 504 g/mol. The molecule has 0 unspecified atom stereocenters. The topological polar surface area (TPSA) is 47.0 Å². The summed E-state index contributed by atoms with van der Waals surface area (Å²) in [4.78, 5) is 3.54. The molecule has 36 heavy (non-hydrogen) atoms. The van der Waals surface area contributed by atoms with Crippen LogP contribution in [-0.2, 0) is 22.2 Å². The summed E-state index contributed by atoms with van der Waals surface area (Å²) in [7, 11) is -3.88. The number of nitrogens with zero attached hydrogens (tertiary/aromatic N) is 1. The Hall–Kier alpha value is -3.40. The molecule has 0 aliphatic rings. The molecule has 188 valence electrons. The molecule has 0 atom stereocenters. The highest BCUT2D eigenvalue weighted by molar-refractivity contribution is 7.91. The number of fused-ring (bicyclic) bond motifs is 1. The van der Waals surface area contributed by atoms with E-state index in [2.05, 4.69) is 4.98 Å². The quantitative estimate of drug-likeness (QED) is 0.258. The Bertz CT molecular complexity index is 1570. The highest BCUT2D eigenvalue weighted by Crippen LogP contribution is 2.42. The van der Waals surface area contributed by atoms with Crippen molar-refractivity contribution in [2.45, 2.75) is 31.1 Å². The monoisotopic (exact) mass is 523 g/mol. The first-order valence-corrected chi connectivity index (χ1v) is 12.4. The molecule has 0 aliphatic carbocycles. The third-order valence-electron chi connectivity index (χ3n) is 5.89. The lowest BCUT2D eigenvalue weighted by molar-refractivity contribution is -0.137. The number of aryl methyl sites for hydroxylation is 1. The Balaban J connectivity index is 1.95. The van der Waals surface area contributed by atoms with Gasteiger partial charge in [0.05, 0.1) is 27.3 Å². The van der Waals surface area contributed by atoms with E-state index in [9.17, 15) is 34.8 Å². The summed E-state index contributed by atoms with van der Waals surface area (Å²) in [6.45, 7) is 2.99. The van der Waals surface area contributed by atoms with Crippen molar-refractivity contribution < 1.29 is 34.8 Å². The van der Waals surface area contributed by atoms with E-state index in [4.69, 9.17) is 0 Å². The van der Waals surface area contributed by atoms with Gasteiger partial charge in [-0.05, 0) is 59.0 Å². The minimum atomic E-state index is -4.84. The van der Waals surface area contributed by atoms with Crippen LogP contribution in [0.5, 0.6) is 0 Å². The maximum absolute atomic E-state index is 13.9. The number of hydrogen-bond acceptors (Lipinski definition) is 3.